The first-order valence-electron chi connectivity index (χ1n) is 5.24. The van der Waals surface area contributed by atoms with Crippen molar-refractivity contribution in [2.24, 2.45) is 5.73 Å². The van der Waals surface area contributed by atoms with Gasteiger partial charge in [-0.1, -0.05) is 0 Å². The summed E-state index contributed by atoms with van der Waals surface area (Å²) in [6, 6.07) is 3.39. The predicted octanol–water partition coefficient (Wildman–Crippen LogP) is 0.0899. The third kappa shape index (κ3) is 1.76. The summed E-state index contributed by atoms with van der Waals surface area (Å²) in [5.41, 5.74) is 7.75. The normalized spacial score (nSPS) is 13.0. The van der Waals surface area contributed by atoms with Crippen molar-refractivity contribution in [1.82, 2.24) is 29.8 Å². The van der Waals surface area contributed by atoms with Crippen molar-refractivity contribution in [3.8, 4) is 0 Å². The van der Waals surface area contributed by atoms with Gasteiger partial charge in [0.15, 0.2) is 11.5 Å². The minimum atomic E-state index is -0.264. The van der Waals surface area contributed by atoms with Crippen LogP contribution in [-0.4, -0.2) is 29.8 Å². The Labute approximate surface area is 96.7 Å². The third-order valence-corrected chi connectivity index (χ3v) is 2.53. The smallest absolute Gasteiger partial charge is 0.177 e. The Bertz CT molecular complexity index is 612. The monoisotopic (exact) mass is 229 g/mol. The molecule has 0 radical (unpaired) electrons. The van der Waals surface area contributed by atoms with Gasteiger partial charge in [-0.3, -0.25) is 0 Å². The Morgan fingerprint density at radius 2 is 2.35 bits per heavy atom. The van der Waals surface area contributed by atoms with Gasteiger partial charge in [0.2, 0.25) is 0 Å². The maximum Gasteiger partial charge on any atom is 0.177 e. The zero-order chi connectivity index (χ0) is 11.7. The quantitative estimate of drug-likeness (QED) is 0.663. The topological polar surface area (TPSA) is 97.8 Å². The molecule has 3 aromatic rings. The van der Waals surface area contributed by atoms with Crippen LogP contribution in [0.5, 0.6) is 0 Å². The summed E-state index contributed by atoms with van der Waals surface area (Å²) < 4.78 is 1.65. The van der Waals surface area contributed by atoms with E-state index in [4.69, 9.17) is 5.73 Å². The molecule has 0 amide bonds. The van der Waals surface area contributed by atoms with E-state index in [1.165, 1.54) is 0 Å². The van der Waals surface area contributed by atoms with Crippen LogP contribution in [0.15, 0.2) is 30.9 Å². The lowest BCUT2D eigenvalue weighted by Gasteiger charge is -2.07. The molecule has 0 spiro atoms. The second-order valence-electron chi connectivity index (χ2n) is 3.74. The average molecular weight is 229 g/mol. The maximum absolute atomic E-state index is 6.09. The van der Waals surface area contributed by atoms with E-state index in [1.807, 2.05) is 12.1 Å². The lowest BCUT2D eigenvalue weighted by atomic mass is 10.2. The van der Waals surface area contributed by atoms with Gasteiger partial charge in [0, 0.05) is 24.5 Å². The van der Waals surface area contributed by atoms with Crippen LogP contribution in [0.25, 0.3) is 5.65 Å². The number of hydrogen-bond donors (Lipinski definition) is 2. The number of imidazole rings is 1. The van der Waals surface area contributed by atoms with E-state index >= 15 is 0 Å². The fourth-order valence-electron chi connectivity index (χ4n) is 1.72. The molecule has 0 aliphatic carbocycles. The summed E-state index contributed by atoms with van der Waals surface area (Å²) in [6.45, 7) is 0. The van der Waals surface area contributed by atoms with Gasteiger partial charge in [-0.25, -0.2) is 4.98 Å². The van der Waals surface area contributed by atoms with E-state index in [0.29, 0.717) is 17.9 Å². The molecule has 3 aromatic heterocycles. The van der Waals surface area contributed by atoms with Crippen LogP contribution in [0.1, 0.15) is 17.6 Å². The molecule has 0 aliphatic heterocycles. The number of fused-ring (bicyclic) bond motifs is 1. The number of nitrogens with two attached hydrogens (primary N) is 1. The number of rotatable bonds is 3. The molecule has 1 unspecified atom stereocenters. The number of aromatic nitrogens is 6. The average Bonchev–Trinajstić information content (AvgIpc) is 2.96. The molecule has 1 atom stereocenters. The standard InChI is InChI=1S/C10H11N7/c11-8(4-7-5-12-6-13-7)10-16-15-9-2-1-3-14-17(9)10/h1-3,5-6,8H,4,11H2,(H,12,13). The zero-order valence-corrected chi connectivity index (χ0v) is 8.98. The second-order valence-corrected chi connectivity index (χ2v) is 3.74. The van der Waals surface area contributed by atoms with Crippen LogP contribution in [-0.2, 0) is 6.42 Å². The molecule has 86 valence electrons. The first-order valence-corrected chi connectivity index (χ1v) is 5.24. The number of H-pyrrole nitrogens is 1. The van der Waals surface area contributed by atoms with Crippen LogP contribution in [0.4, 0.5) is 0 Å². The number of aromatic amines is 1. The van der Waals surface area contributed by atoms with Gasteiger partial charge < -0.3 is 10.7 Å². The highest BCUT2D eigenvalue weighted by atomic mass is 15.4. The first-order chi connectivity index (χ1) is 8.34. The highest BCUT2D eigenvalue weighted by molar-refractivity contribution is 5.35. The van der Waals surface area contributed by atoms with Crippen LogP contribution < -0.4 is 5.73 Å². The molecule has 3 rings (SSSR count). The van der Waals surface area contributed by atoms with E-state index < -0.39 is 0 Å². The van der Waals surface area contributed by atoms with E-state index in [0.717, 1.165) is 5.69 Å². The molecule has 0 bridgehead atoms. The molecule has 17 heavy (non-hydrogen) atoms. The lowest BCUT2D eigenvalue weighted by Crippen LogP contribution is -2.17. The van der Waals surface area contributed by atoms with Crippen molar-refractivity contribution in [2.75, 3.05) is 0 Å². The van der Waals surface area contributed by atoms with Crippen molar-refractivity contribution in [2.45, 2.75) is 12.5 Å². The number of nitrogens with zero attached hydrogens (tertiary/aromatic N) is 5. The zero-order valence-electron chi connectivity index (χ0n) is 8.98. The van der Waals surface area contributed by atoms with E-state index in [-0.39, 0.29) is 6.04 Å². The summed E-state index contributed by atoms with van der Waals surface area (Å²) in [7, 11) is 0. The predicted molar refractivity (Wildman–Crippen MR) is 60.0 cm³/mol. The molecule has 0 aromatic carbocycles. The maximum atomic E-state index is 6.09. The van der Waals surface area contributed by atoms with Crippen molar-refractivity contribution < 1.29 is 0 Å². The molecule has 0 saturated carbocycles. The van der Waals surface area contributed by atoms with Crippen LogP contribution in [0, 0.1) is 0 Å². The fraction of sp³-hybridized carbons (Fsp3) is 0.200. The Morgan fingerprint density at radius 1 is 1.41 bits per heavy atom. The molecule has 7 heteroatoms. The SMILES string of the molecule is NC(Cc1cnc[nH]1)c1nnc2cccnn12. The van der Waals surface area contributed by atoms with E-state index in [9.17, 15) is 0 Å². The van der Waals surface area contributed by atoms with Gasteiger partial charge in [0.1, 0.15) is 0 Å². The summed E-state index contributed by atoms with van der Waals surface area (Å²) >= 11 is 0. The van der Waals surface area contributed by atoms with E-state index in [2.05, 4.69) is 25.3 Å². The van der Waals surface area contributed by atoms with Crippen LogP contribution in [0.3, 0.4) is 0 Å². The van der Waals surface area contributed by atoms with Crippen LogP contribution in [0.2, 0.25) is 0 Å². The Balaban J connectivity index is 1.93. The van der Waals surface area contributed by atoms with Gasteiger partial charge in [0.25, 0.3) is 0 Å². The molecule has 0 fully saturated rings. The molecule has 0 aliphatic rings. The van der Waals surface area contributed by atoms with Crippen molar-refractivity contribution in [3.63, 3.8) is 0 Å². The minimum Gasteiger partial charge on any atom is -0.348 e. The lowest BCUT2D eigenvalue weighted by molar-refractivity contribution is 0.631. The van der Waals surface area contributed by atoms with Gasteiger partial charge >= 0.3 is 0 Å². The molecule has 7 nitrogen and oxygen atoms in total. The highest BCUT2D eigenvalue weighted by Gasteiger charge is 2.15. The summed E-state index contributed by atoms with van der Waals surface area (Å²) in [5.74, 6) is 0.648. The summed E-state index contributed by atoms with van der Waals surface area (Å²) in [6.07, 6.45) is 5.68. The number of hydrogen-bond acceptors (Lipinski definition) is 5. The molecule has 3 N–H and O–H groups in total. The molecular formula is C10H11N7. The molecule has 3 heterocycles. The van der Waals surface area contributed by atoms with Gasteiger partial charge in [-0.15, -0.1) is 10.2 Å². The number of nitrogens with one attached hydrogen (secondary N) is 1. The second kappa shape index (κ2) is 3.95. The molecular weight excluding hydrogens is 218 g/mol. The highest BCUT2D eigenvalue weighted by Crippen LogP contribution is 2.12. The third-order valence-electron chi connectivity index (χ3n) is 2.53. The van der Waals surface area contributed by atoms with Gasteiger partial charge in [-0.05, 0) is 12.1 Å². The van der Waals surface area contributed by atoms with Crippen molar-refractivity contribution >= 4 is 5.65 Å². The first kappa shape index (κ1) is 9.91. The Morgan fingerprint density at radius 3 is 3.18 bits per heavy atom. The fourth-order valence-corrected chi connectivity index (χ4v) is 1.72. The Kier molecular flexibility index (Phi) is 2.30. The Hall–Kier alpha value is -2.28. The van der Waals surface area contributed by atoms with Crippen molar-refractivity contribution in [3.05, 3.63) is 42.4 Å². The van der Waals surface area contributed by atoms with Gasteiger partial charge in [-0.2, -0.15) is 9.61 Å². The van der Waals surface area contributed by atoms with E-state index in [1.54, 1.807) is 23.2 Å². The van der Waals surface area contributed by atoms with Crippen LogP contribution >= 0.6 is 0 Å². The minimum absolute atomic E-state index is 0.264. The largest absolute Gasteiger partial charge is 0.348 e. The van der Waals surface area contributed by atoms with Gasteiger partial charge in [0.05, 0.1) is 12.4 Å². The summed E-state index contributed by atoms with van der Waals surface area (Å²) in [5, 5.41) is 12.3. The molecule has 0 saturated heterocycles. The van der Waals surface area contributed by atoms with Crippen molar-refractivity contribution in [1.29, 1.82) is 0 Å². The summed E-state index contributed by atoms with van der Waals surface area (Å²) in [4.78, 5) is 6.96.